The molecule has 3 rings (SSSR count). The van der Waals surface area contributed by atoms with Crippen molar-refractivity contribution in [2.24, 2.45) is 0 Å². The molecule has 0 aliphatic heterocycles. The molecule has 0 spiro atoms. The Morgan fingerprint density at radius 1 is 1.14 bits per heavy atom. The Labute approximate surface area is 159 Å². The van der Waals surface area contributed by atoms with Gasteiger partial charge in [0.1, 0.15) is 0 Å². The van der Waals surface area contributed by atoms with Crippen LogP contribution in [0.5, 0.6) is 0 Å². The molecule has 1 aliphatic rings. The van der Waals surface area contributed by atoms with Crippen LogP contribution < -0.4 is 5.32 Å². The molecule has 1 atom stereocenters. The van der Waals surface area contributed by atoms with Gasteiger partial charge in [0, 0.05) is 12.4 Å². The zero-order valence-electron chi connectivity index (χ0n) is 14.0. The standard InChI is InChI=1S/C17H12ClF6N3O/c18-10-4-5-25-14(17(22,23)24)12(10)15(28)27-11-3-1-2-8-6-9(16(19,20)21)7-26-13(8)11/h4-7,11H,1-3H2,(H,27,28). The number of rotatable bonds is 2. The van der Waals surface area contributed by atoms with E-state index in [9.17, 15) is 31.1 Å². The zero-order chi connectivity index (χ0) is 20.7. The Morgan fingerprint density at radius 3 is 2.50 bits per heavy atom. The summed E-state index contributed by atoms with van der Waals surface area (Å²) in [7, 11) is 0. The maximum absolute atomic E-state index is 13.1. The summed E-state index contributed by atoms with van der Waals surface area (Å²) in [4.78, 5) is 19.5. The first-order chi connectivity index (χ1) is 13.0. The number of pyridine rings is 2. The van der Waals surface area contributed by atoms with Gasteiger partial charge >= 0.3 is 12.4 Å². The summed E-state index contributed by atoms with van der Waals surface area (Å²) >= 11 is 5.78. The van der Waals surface area contributed by atoms with Gasteiger partial charge in [-0.05, 0) is 37.0 Å². The largest absolute Gasteiger partial charge is 0.434 e. The Bertz CT molecular complexity index is 913. The van der Waals surface area contributed by atoms with Crippen molar-refractivity contribution in [3.63, 3.8) is 0 Å². The molecule has 11 heteroatoms. The highest BCUT2D eigenvalue weighted by molar-refractivity contribution is 6.34. The predicted octanol–water partition coefficient (Wildman–Crippen LogP) is 4.98. The quantitative estimate of drug-likeness (QED) is 0.693. The first-order valence-corrected chi connectivity index (χ1v) is 8.45. The SMILES string of the molecule is O=C(NC1CCCc2cc(C(F)(F)F)cnc21)c1c(Cl)ccnc1C(F)(F)F. The van der Waals surface area contributed by atoms with E-state index >= 15 is 0 Å². The fraction of sp³-hybridized carbons (Fsp3) is 0.353. The molecule has 28 heavy (non-hydrogen) atoms. The number of nitrogens with one attached hydrogen (secondary N) is 1. The lowest BCUT2D eigenvalue weighted by atomic mass is 9.90. The lowest BCUT2D eigenvalue weighted by molar-refractivity contribution is -0.141. The zero-order valence-corrected chi connectivity index (χ0v) is 14.7. The fourth-order valence-electron chi connectivity index (χ4n) is 3.06. The van der Waals surface area contributed by atoms with Crippen molar-refractivity contribution in [2.45, 2.75) is 37.7 Å². The molecule has 2 aromatic heterocycles. The van der Waals surface area contributed by atoms with Crippen LogP contribution in [-0.4, -0.2) is 15.9 Å². The van der Waals surface area contributed by atoms with Gasteiger partial charge in [-0.25, -0.2) is 0 Å². The van der Waals surface area contributed by atoms with Crippen molar-refractivity contribution in [3.05, 3.63) is 57.6 Å². The Morgan fingerprint density at radius 2 is 1.86 bits per heavy atom. The Balaban J connectivity index is 1.92. The van der Waals surface area contributed by atoms with E-state index in [0.29, 0.717) is 31.0 Å². The third-order valence-electron chi connectivity index (χ3n) is 4.30. The van der Waals surface area contributed by atoms with Crippen molar-refractivity contribution in [2.75, 3.05) is 0 Å². The fourth-order valence-corrected chi connectivity index (χ4v) is 3.30. The van der Waals surface area contributed by atoms with Gasteiger partial charge in [0.2, 0.25) is 0 Å². The summed E-state index contributed by atoms with van der Waals surface area (Å²) in [5.41, 5.74) is -2.71. The maximum Gasteiger partial charge on any atom is 0.434 e. The summed E-state index contributed by atoms with van der Waals surface area (Å²) in [6.07, 6.45) is -6.92. The number of aryl methyl sites for hydroxylation is 1. The van der Waals surface area contributed by atoms with Crippen LogP contribution in [0.2, 0.25) is 5.02 Å². The van der Waals surface area contributed by atoms with Crippen molar-refractivity contribution < 1.29 is 31.1 Å². The molecule has 0 saturated heterocycles. The second-order valence-electron chi connectivity index (χ2n) is 6.20. The second kappa shape index (κ2) is 7.23. The van der Waals surface area contributed by atoms with Crippen LogP contribution in [0.1, 0.15) is 51.8 Å². The van der Waals surface area contributed by atoms with E-state index < -0.39 is 46.1 Å². The van der Waals surface area contributed by atoms with Crippen LogP contribution in [0.25, 0.3) is 0 Å². The Kier molecular flexibility index (Phi) is 5.26. The van der Waals surface area contributed by atoms with Gasteiger partial charge in [0.05, 0.1) is 27.9 Å². The van der Waals surface area contributed by atoms with Gasteiger partial charge in [-0.1, -0.05) is 11.6 Å². The number of nitrogens with zero attached hydrogens (tertiary/aromatic N) is 2. The first-order valence-electron chi connectivity index (χ1n) is 8.07. The molecule has 0 bridgehead atoms. The highest BCUT2D eigenvalue weighted by Crippen LogP contribution is 2.36. The molecule has 1 unspecified atom stereocenters. The predicted molar refractivity (Wildman–Crippen MR) is 86.6 cm³/mol. The lowest BCUT2D eigenvalue weighted by Gasteiger charge is -2.26. The molecule has 0 aromatic carbocycles. The van der Waals surface area contributed by atoms with E-state index in [2.05, 4.69) is 15.3 Å². The molecule has 4 nitrogen and oxygen atoms in total. The summed E-state index contributed by atoms with van der Waals surface area (Å²) in [6, 6.07) is 1.16. The third-order valence-corrected chi connectivity index (χ3v) is 4.61. The van der Waals surface area contributed by atoms with Crippen molar-refractivity contribution in [3.8, 4) is 0 Å². The summed E-state index contributed by atoms with van der Waals surface area (Å²) in [5.74, 6) is -1.12. The van der Waals surface area contributed by atoms with E-state index in [1.807, 2.05) is 0 Å². The summed E-state index contributed by atoms with van der Waals surface area (Å²) < 4.78 is 78.0. The normalized spacial score (nSPS) is 17.2. The number of aromatic nitrogens is 2. The van der Waals surface area contributed by atoms with Gasteiger partial charge in [0.15, 0.2) is 5.69 Å². The molecule has 2 aromatic rings. The number of fused-ring (bicyclic) bond motifs is 1. The molecular weight excluding hydrogens is 412 g/mol. The average molecular weight is 424 g/mol. The van der Waals surface area contributed by atoms with Gasteiger partial charge in [-0.3, -0.25) is 14.8 Å². The third kappa shape index (κ3) is 4.06. The number of hydrogen-bond acceptors (Lipinski definition) is 3. The second-order valence-corrected chi connectivity index (χ2v) is 6.61. The average Bonchev–Trinajstić information content (AvgIpc) is 2.59. The molecule has 1 amide bonds. The number of hydrogen-bond donors (Lipinski definition) is 1. The minimum absolute atomic E-state index is 0.196. The number of alkyl halides is 6. The van der Waals surface area contributed by atoms with E-state index in [1.165, 1.54) is 0 Å². The number of carbonyl (C=O) groups excluding carboxylic acids is 1. The van der Waals surface area contributed by atoms with Gasteiger partial charge in [-0.2, -0.15) is 26.3 Å². The smallest absolute Gasteiger partial charge is 0.344 e. The molecule has 1 aliphatic carbocycles. The summed E-state index contributed by atoms with van der Waals surface area (Å²) in [6.45, 7) is 0. The van der Waals surface area contributed by atoms with E-state index in [4.69, 9.17) is 11.6 Å². The van der Waals surface area contributed by atoms with Crippen LogP contribution in [0.15, 0.2) is 24.5 Å². The van der Waals surface area contributed by atoms with Gasteiger partial charge in [0.25, 0.3) is 5.91 Å². The monoisotopic (exact) mass is 423 g/mol. The highest BCUT2D eigenvalue weighted by Gasteiger charge is 2.39. The minimum atomic E-state index is -4.90. The molecule has 0 radical (unpaired) electrons. The van der Waals surface area contributed by atoms with Crippen LogP contribution in [0, 0.1) is 0 Å². The highest BCUT2D eigenvalue weighted by atomic mass is 35.5. The van der Waals surface area contributed by atoms with Crippen molar-refractivity contribution >= 4 is 17.5 Å². The molecule has 0 fully saturated rings. The number of halogens is 7. The van der Waals surface area contributed by atoms with E-state index in [-0.39, 0.29) is 5.69 Å². The van der Waals surface area contributed by atoms with E-state index in [0.717, 1.165) is 18.3 Å². The van der Waals surface area contributed by atoms with Crippen molar-refractivity contribution in [1.82, 2.24) is 15.3 Å². The molecule has 150 valence electrons. The molecule has 1 N–H and O–H groups in total. The molecular formula is C17H12ClF6N3O. The van der Waals surface area contributed by atoms with Crippen LogP contribution in [-0.2, 0) is 18.8 Å². The van der Waals surface area contributed by atoms with Crippen molar-refractivity contribution in [1.29, 1.82) is 0 Å². The topological polar surface area (TPSA) is 54.9 Å². The maximum atomic E-state index is 13.1. The molecule has 2 heterocycles. The van der Waals surface area contributed by atoms with Crippen LogP contribution >= 0.6 is 11.6 Å². The van der Waals surface area contributed by atoms with E-state index in [1.54, 1.807) is 0 Å². The summed E-state index contributed by atoms with van der Waals surface area (Å²) in [5, 5.41) is 1.96. The first kappa shape index (κ1) is 20.4. The Hall–Kier alpha value is -2.36. The van der Waals surface area contributed by atoms with Crippen LogP contribution in [0.3, 0.4) is 0 Å². The lowest BCUT2D eigenvalue weighted by Crippen LogP contribution is -2.33. The van der Waals surface area contributed by atoms with Gasteiger partial charge < -0.3 is 5.32 Å². The number of amides is 1. The molecule has 0 saturated carbocycles. The van der Waals surface area contributed by atoms with Gasteiger partial charge in [-0.15, -0.1) is 0 Å². The number of carbonyl (C=O) groups is 1. The van der Waals surface area contributed by atoms with Crippen LogP contribution in [0.4, 0.5) is 26.3 Å². The minimum Gasteiger partial charge on any atom is -0.344 e.